The normalized spacial score (nSPS) is 10.3. The lowest BCUT2D eigenvalue weighted by Gasteiger charge is -2.17. The van der Waals surface area contributed by atoms with Gasteiger partial charge in [0.2, 0.25) is 11.8 Å². The number of nitrogens with zero attached hydrogens (tertiary/aromatic N) is 2. The summed E-state index contributed by atoms with van der Waals surface area (Å²) in [6, 6.07) is 6.79. The molecule has 0 aliphatic heterocycles. The first-order valence-corrected chi connectivity index (χ1v) is 8.31. The fourth-order valence-electron chi connectivity index (χ4n) is 2.22. The van der Waals surface area contributed by atoms with Crippen molar-refractivity contribution in [2.24, 2.45) is 0 Å². The van der Waals surface area contributed by atoms with E-state index >= 15 is 0 Å². The lowest BCUT2D eigenvalue weighted by atomic mass is 10.2. The van der Waals surface area contributed by atoms with Gasteiger partial charge < -0.3 is 24.8 Å². The van der Waals surface area contributed by atoms with Gasteiger partial charge in [-0.05, 0) is 25.1 Å². The lowest BCUT2D eigenvalue weighted by molar-refractivity contribution is -0.133. The Morgan fingerprint density at radius 1 is 1.35 bits per heavy atom. The molecule has 2 aromatic rings. The SMILES string of the molecule is COc1ccc(Cl)cc1NCCC(=O)N(C)CC(=O)Nc1cc(C)on1. The maximum atomic E-state index is 12.2. The standard InChI is InChI=1S/C17H21ClN4O4/c1-11-8-15(21-26-11)20-16(23)10-22(2)17(24)6-7-19-13-9-12(18)4-5-14(13)25-3/h4-5,8-9,19H,6-7,10H2,1-3H3,(H,20,21,23). The Hall–Kier alpha value is -2.74. The second-order valence-corrected chi connectivity index (χ2v) is 6.08. The first-order valence-electron chi connectivity index (χ1n) is 7.93. The number of methoxy groups -OCH3 is 1. The van der Waals surface area contributed by atoms with Crippen molar-refractivity contribution in [2.45, 2.75) is 13.3 Å². The van der Waals surface area contributed by atoms with E-state index in [2.05, 4.69) is 15.8 Å². The second kappa shape index (κ2) is 9.10. The van der Waals surface area contributed by atoms with Crippen LogP contribution in [0.15, 0.2) is 28.8 Å². The van der Waals surface area contributed by atoms with Crippen LogP contribution in [0.5, 0.6) is 5.75 Å². The quantitative estimate of drug-likeness (QED) is 0.730. The molecule has 2 rings (SSSR count). The largest absolute Gasteiger partial charge is 0.495 e. The van der Waals surface area contributed by atoms with Gasteiger partial charge in [0.25, 0.3) is 0 Å². The predicted molar refractivity (Wildman–Crippen MR) is 98.6 cm³/mol. The molecule has 26 heavy (non-hydrogen) atoms. The van der Waals surface area contributed by atoms with Gasteiger partial charge in [-0.25, -0.2) is 0 Å². The van der Waals surface area contributed by atoms with Gasteiger partial charge in [0.1, 0.15) is 11.5 Å². The van der Waals surface area contributed by atoms with Crippen LogP contribution in [0.4, 0.5) is 11.5 Å². The van der Waals surface area contributed by atoms with Crippen LogP contribution in [0.1, 0.15) is 12.2 Å². The highest BCUT2D eigenvalue weighted by Crippen LogP contribution is 2.27. The minimum atomic E-state index is -0.349. The van der Waals surface area contributed by atoms with Crippen LogP contribution in [0.25, 0.3) is 0 Å². The highest BCUT2D eigenvalue weighted by molar-refractivity contribution is 6.30. The highest BCUT2D eigenvalue weighted by atomic mass is 35.5. The number of hydrogen-bond acceptors (Lipinski definition) is 6. The molecule has 0 saturated heterocycles. The molecule has 0 saturated carbocycles. The topological polar surface area (TPSA) is 96.7 Å². The van der Waals surface area contributed by atoms with Gasteiger partial charge in [0.05, 0.1) is 19.3 Å². The maximum Gasteiger partial charge on any atom is 0.245 e. The number of hydrogen-bond donors (Lipinski definition) is 2. The summed E-state index contributed by atoms with van der Waals surface area (Å²) in [7, 11) is 3.12. The number of nitrogens with one attached hydrogen (secondary N) is 2. The van der Waals surface area contributed by atoms with Crippen LogP contribution in [0, 0.1) is 6.92 Å². The van der Waals surface area contributed by atoms with Gasteiger partial charge in [-0.15, -0.1) is 0 Å². The van der Waals surface area contributed by atoms with Gasteiger partial charge in [-0.2, -0.15) is 0 Å². The molecule has 2 N–H and O–H groups in total. The summed E-state index contributed by atoms with van der Waals surface area (Å²) in [5, 5.41) is 9.91. The van der Waals surface area contributed by atoms with E-state index in [0.29, 0.717) is 34.6 Å². The molecule has 0 spiro atoms. The summed E-state index contributed by atoms with van der Waals surface area (Å²) in [6.45, 7) is 2.02. The summed E-state index contributed by atoms with van der Waals surface area (Å²) >= 11 is 5.96. The van der Waals surface area contributed by atoms with Crippen molar-refractivity contribution in [3.8, 4) is 5.75 Å². The molecular weight excluding hydrogens is 360 g/mol. The zero-order valence-electron chi connectivity index (χ0n) is 14.8. The summed E-state index contributed by atoms with van der Waals surface area (Å²) in [5.41, 5.74) is 0.703. The number of anilines is 2. The number of carbonyl (C=O) groups excluding carboxylic acids is 2. The van der Waals surface area contributed by atoms with Crippen molar-refractivity contribution in [1.29, 1.82) is 0 Å². The zero-order valence-corrected chi connectivity index (χ0v) is 15.6. The van der Waals surface area contributed by atoms with E-state index in [1.54, 1.807) is 45.3 Å². The number of ether oxygens (including phenoxy) is 1. The van der Waals surface area contributed by atoms with Crippen molar-refractivity contribution >= 4 is 34.9 Å². The van der Waals surface area contributed by atoms with Gasteiger partial charge in [0, 0.05) is 31.1 Å². The Balaban J connectivity index is 1.78. The van der Waals surface area contributed by atoms with E-state index in [-0.39, 0.29) is 24.8 Å². The molecule has 0 radical (unpaired) electrons. The Kier molecular flexibility index (Phi) is 6.85. The molecule has 0 atom stereocenters. The van der Waals surface area contributed by atoms with Crippen molar-refractivity contribution in [2.75, 3.05) is 37.9 Å². The van der Waals surface area contributed by atoms with E-state index in [9.17, 15) is 9.59 Å². The van der Waals surface area contributed by atoms with Gasteiger partial charge in [-0.1, -0.05) is 16.8 Å². The smallest absolute Gasteiger partial charge is 0.245 e. The predicted octanol–water partition coefficient (Wildman–Crippen LogP) is 2.54. The van der Waals surface area contributed by atoms with Crippen molar-refractivity contribution in [3.05, 3.63) is 35.0 Å². The number of likely N-dealkylation sites (N-methyl/N-ethyl adjacent to an activating group) is 1. The van der Waals surface area contributed by atoms with Crippen LogP contribution in [-0.2, 0) is 9.59 Å². The molecule has 1 aromatic heterocycles. The van der Waals surface area contributed by atoms with Crippen molar-refractivity contribution in [3.63, 3.8) is 0 Å². The molecule has 140 valence electrons. The van der Waals surface area contributed by atoms with E-state index in [4.69, 9.17) is 20.9 Å². The summed E-state index contributed by atoms with van der Waals surface area (Å²) in [5.74, 6) is 1.02. The van der Waals surface area contributed by atoms with E-state index in [1.165, 1.54) is 4.90 Å². The monoisotopic (exact) mass is 380 g/mol. The molecular formula is C17H21ClN4O4. The summed E-state index contributed by atoms with van der Waals surface area (Å²) < 4.78 is 10.1. The average molecular weight is 381 g/mol. The number of rotatable bonds is 8. The van der Waals surface area contributed by atoms with Crippen LogP contribution in [0.3, 0.4) is 0 Å². The van der Waals surface area contributed by atoms with Crippen LogP contribution in [0.2, 0.25) is 5.02 Å². The lowest BCUT2D eigenvalue weighted by Crippen LogP contribution is -2.35. The number of aromatic nitrogens is 1. The summed E-state index contributed by atoms with van der Waals surface area (Å²) in [6.07, 6.45) is 0.211. The third-order valence-corrected chi connectivity index (χ3v) is 3.75. The van der Waals surface area contributed by atoms with Gasteiger partial charge >= 0.3 is 0 Å². The Labute approximate surface area is 156 Å². The third kappa shape index (κ3) is 5.66. The molecule has 1 heterocycles. The number of benzene rings is 1. The highest BCUT2D eigenvalue weighted by Gasteiger charge is 2.14. The van der Waals surface area contributed by atoms with Crippen LogP contribution < -0.4 is 15.4 Å². The van der Waals surface area contributed by atoms with Crippen LogP contribution in [-0.4, -0.2) is 49.1 Å². The Morgan fingerprint density at radius 3 is 2.77 bits per heavy atom. The fraction of sp³-hybridized carbons (Fsp3) is 0.353. The third-order valence-electron chi connectivity index (χ3n) is 3.52. The second-order valence-electron chi connectivity index (χ2n) is 5.64. The molecule has 0 unspecified atom stereocenters. The molecule has 0 fully saturated rings. The van der Waals surface area contributed by atoms with E-state index in [1.807, 2.05) is 0 Å². The maximum absolute atomic E-state index is 12.2. The average Bonchev–Trinajstić information content (AvgIpc) is 2.99. The van der Waals surface area contributed by atoms with Crippen molar-refractivity contribution < 1.29 is 18.8 Å². The van der Waals surface area contributed by atoms with Gasteiger partial charge in [0.15, 0.2) is 5.82 Å². The number of carbonyl (C=O) groups is 2. The van der Waals surface area contributed by atoms with Gasteiger partial charge in [-0.3, -0.25) is 9.59 Å². The molecule has 0 bridgehead atoms. The Morgan fingerprint density at radius 2 is 2.12 bits per heavy atom. The first kappa shape index (κ1) is 19.6. The zero-order chi connectivity index (χ0) is 19.1. The molecule has 8 nitrogen and oxygen atoms in total. The Bertz CT molecular complexity index is 778. The van der Waals surface area contributed by atoms with Crippen molar-refractivity contribution in [1.82, 2.24) is 10.1 Å². The summed E-state index contributed by atoms with van der Waals surface area (Å²) in [4.78, 5) is 25.4. The van der Waals surface area contributed by atoms with Crippen LogP contribution >= 0.6 is 11.6 Å². The molecule has 0 aliphatic rings. The first-order chi connectivity index (χ1) is 12.4. The van der Waals surface area contributed by atoms with E-state index < -0.39 is 0 Å². The molecule has 9 heteroatoms. The molecule has 2 amide bonds. The molecule has 0 aliphatic carbocycles. The number of amides is 2. The number of halogens is 1. The fourth-order valence-corrected chi connectivity index (χ4v) is 2.40. The minimum absolute atomic E-state index is 0.0781. The molecule has 1 aromatic carbocycles. The van der Waals surface area contributed by atoms with E-state index in [0.717, 1.165) is 0 Å². The number of aryl methyl sites for hydroxylation is 1. The minimum Gasteiger partial charge on any atom is -0.495 e.